The molecule has 0 spiro atoms. The van der Waals surface area contributed by atoms with Gasteiger partial charge in [-0.25, -0.2) is 0 Å². The van der Waals surface area contributed by atoms with Crippen LogP contribution in [0.4, 0.5) is 0 Å². The molecule has 0 aromatic carbocycles. The number of allylic oxidation sites excluding steroid dienone is 20. The van der Waals surface area contributed by atoms with E-state index in [1.807, 2.05) is 0 Å². The summed E-state index contributed by atoms with van der Waals surface area (Å²) >= 11 is 0. The number of ether oxygens (including phenoxy) is 2. The number of unbranched alkanes of at least 4 members (excludes halogenated alkanes) is 36. The van der Waals surface area contributed by atoms with E-state index in [4.69, 9.17) is 9.47 Å². The smallest absolute Gasteiger partial charge is 0.306 e. The molecule has 0 heterocycles. The van der Waals surface area contributed by atoms with Gasteiger partial charge in [0.2, 0.25) is 0 Å². The van der Waals surface area contributed by atoms with Crippen LogP contribution >= 0.6 is 0 Å². The Morgan fingerprint density at radius 2 is 0.488 bits per heavy atom. The van der Waals surface area contributed by atoms with E-state index in [-0.39, 0.29) is 25.2 Å². The first-order valence-electron chi connectivity index (χ1n) is 35.1. The highest BCUT2D eigenvalue weighted by molar-refractivity contribution is 5.70. The molecule has 0 aliphatic heterocycles. The summed E-state index contributed by atoms with van der Waals surface area (Å²) in [5.74, 6) is -0.580. The van der Waals surface area contributed by atoms with Crippen molar-refractivity contribution in [3.63, 3.8) is 0 Å². The maximum atomic E-state index is 12.4. The van der Waals surface area contributed by atoms with Crippen LogP contribution in [0.3, 0.4) is 0 Å². The summed E-state index contributed by atoms with van der Waals surface area (Å²) in [6.45, 7) is 3.94. The van der Waals surface area contributed by atoms with E-state index in [2.05, 4.69) is 135 Å². The SMILES string of the molecule is CC/C=C\C/C=C\C/C=C\C/C=C\C/C=C\C/C=C\CCCCCCCCCCCCCCCCCCCCCCCCC(=O)OC(CO)COC(=O)CCCCCCCCCCCCCCCC/C=C\C/C=C\C/C=C\C/C=C\CC. The summed E-state index contributed by atoms with van der Waals surface area (Å²) in [5, 5.41) is 9.70. The molecule has 0 rings (SSSR count). The molecule has 0 aliphatic rings. The molecule has 5 heteroatoms. The highest BCUT2D eigenvalue weighted by Crippen LogP contribution is 2.18. The molecule has 0 saturated carbocycles. The van der Waals surface area contributed by atoms with Crippen molar-refractivity contribution in [2.24, 2.45) is 0 Å². The summed E-state index contributed by atoms with van der Waals surface area (Å²) in [6.07, 6.45) is 105. The number of aliphatic hydroxyl groups excluding tert-OH is 1. The normalized spacial score (nSPS) is 13.0. The van der Waals surface area contributed by atoms with Crippen LogP contribution < -0.4 is 0 Å². The van der Waals surface area contributed by atoms with Crippen molar-refractivity contribution < 1.29 is 24.2 Å². The first-order valence-corrected chi connectivity index (χ1v) is 35.1. The maximum Gasteiger partial charge on any atom is 0.306 e. The molecule has 0 aliphatic carbocycles. The van der Waals surface area contributed by atoms with Crippen molar-refractivity contribution in [3.05, 3.63) is 122 Å². The molecule has 0 saturated heterocycles. The van der Waals surface area contributed by atoms with Gasteiger partial charge < -0.3 is 14.6 Å². The highest BCUT2D eigenvalue weighted by atomic mass is 16.6. The topological polar surface area (TPSA) is 72.8 Å². The fourth-order valence-electron chi connectivity index (χ4n) is 10.1. The minimum atomic E-state index is -0.777. The van der Waals surface area contributed by atoms with Gasteiger partial charge in [-0.15, -0.1) is 0 Å². The average Bonchev–Trinajstić information content (AvgIpc) is 3.49. The molecule has 0 fully saturated rings. The van der Waals surface area contributed by atoms with Crippen molar-refractivity contribution in [2.75, 3.05) is 13.2 Å². The van der Waals surface area contributed by atoms with Crippen molar-refractivity contribution in [1.29, 1.82) is 0 Å². The standard InChI is InChI=1S/C77H132O5/c1-3-5-7-9-11-13-15-17-19-21-23-25-27-29-31-32-33-34-35-36-37-38-39-40-41-42-43-44-46-48-50-52-54-56-58-60-62-64-66-68-70-72-77(80)82-75(73-78)74-81-76(79)71-69-67-65-63-61-59-57-55-53-51-49-47-45-30-28-26-24-22-20-18-16-14-12-10-8-6-4-2/h5-8,11-14,17-20,23-26,29,31,33-34,75,78H,3-4,9-10,15-16,21-22,27-28,30,32,35-74H2,1-2H3/b7-5-,8-6-,13-11-,14-12-,19-17-,20-18-,25-23-,26-24-,31-29-,34-33-. The number of aliphatic hydroxyl groups is 1. The minimum Gasteiger partial charge on any atom is -0.462 e. The zero-order valence-corrected chi connectivity index (χ0v) is 54.0. The molecule has 5 nitrogen and oxygen atoms in total. The van der Waals surface area contributed by atoms with Crippen LogP contribution in [0.1, 0.15) is 335 Å². The third-order valence-electron chi connectivity index (χ3n) is 15.3. The molecule has 0 amide bonds. The van der Waals surface area contributed by atoms with Gasteiger partial charge in [0, 0.05) is 12.8 Å². The van der Waals surface area contributed by atoms with Crippen LogP contribution in [0.15, 0.2) is 122 Å². The van der Waals surface area contributed by atoms with Crippen LogP contribution in [-0.4, -0.2) is 36.4 Å². The monoisotopic (exact) mass is 1140 g/mol. The molecule has 0 bridgehead atoms. The highest BCUT2D eigenvalue weighted by Gasteiger charge is 2.16. The number of hydrogen-bond donors (Lipinski definition) is 1. The quantitative estimate of drug-likeness (QED) is 0.0373. The third kappa shape index (κ3) is 68.8. The van der Waals surface area contributed by atoms with Crippen molar-refractivity contribution in [3.8, 4) is 0 Å². The summed E-state index contributed by atoms with van der Waals surface area (Å²) in [4.78, 5) is 24.7. The number of hydrogen-bond acceptors (Lipinski definition) is 5. The van der Waals surface area contributed by atoms with Gasteiger partial charge in [-0.05, 0) is 103 Å². The summed E-state index contributed by atoms with van der Waals surface area (Å²) < 4.78 is 10.8. The molecule has 1 unspecified atom stereocenters. The molecule has 0 aromatic rings. The van der Waals surface area contributed by atoms with Gasteiger partial charge in [-0.2, -0.15) is 0 Å². The third-order valence-corrected chi connectivity index (χ3v) is 15.3. The van der Waals surface area contributed by atoms with E-state index >= 15 is 0 Å². The number of esters is 2. The van der Waals surface area contributed by atoms with E-state index in [1.165, 1.54) is 205 Å². The van der Waals surface area contributed by atoms with Crippen LogP contribution in [0.25, 0.3) is 0 Å². The molecule has 470 valence electrons. The second-order valence-corrected chi connectivity index (χ2v) is 23.2. The largest absolute Gasteiger partial charge is 0.462 e. The molecular formula is C77H132O5. The predicted molar refractivity (Wildman–Crippen MR) is 362 cm³/mol. The number of rotatable bonds is 64. The van der Waals surface area contributed by atoms with E-state index in [1.54, 1.807) is 0 Å². The van der Waals surface area contributed by atoms with E-state index in [9.17, 15) is 14.7 Å². The number of carbonyl (C=O) groups excluding carboxylic acids is 2. The molecule has 1 N–H and O–H groups in total. The van der Waals surface area contributed by atoms with Crippen molar-refractivity contribution in [1.82, 2.24) is 0 Å². The Kier molecular flexibility index (Phi) is 68.3. The minimum absolute atomic E-state index is 0.0666. The van der Waals surface area contributed by atoms with Crippen LogP contribution in [0, 0.1) is 0 Å². The Hall–Kier alpha value is -3.70. The Balaban J connectivity index is 3.43. The van der Waals surface area contributed by atoms with Gasteiger partial charge in [0.05, 0.1) is 6.61 Å². The second-order valence-electron chi connectivity index (χ2n) is 23.2. The van der Waals surface area contributed by atoms with Gasteiger partial charge in [0.1, 0.15) is 6.61 Å². The van der Waals surface area contributed by atoms with Gasteiger partial charge in [-0.1, -0.05) is 341 Å². The summed E-state index contributed by atoms with van der Waals surface area (Å²) in [6, 6.07) is 0. The van der Waals surface area contributed by atoms with Crippen LogP contribution in [-0.2, 0) is 19.1 Å². The maximum absolute atomic E-state index is 12.4. The van der Waals surface area contributed by atoms with E-state index < -0.39 is 6.10 Å². The first-order chi connectivity index (χ1) is 40.6. The molecule has 0 radical (unpaired) electrons. The van der Waals surface area contributed by atoms with Crippen LogP contribution in [0.2, 0.25) is 0 Å². The fraction of sp³-hybridized carbons (Fsp3) is 0.714. The lowest BCUT2D eigenvalue weighted by Gasteiger charge is -2.15. The van der Waals surface area contributed by atoms with Gasteiger partial charge in [0.15, 0.2) is 6.10 Å². The summed E-state index contributed by atoms with van der Waals surface area (Å²) in [5.41, 5.74) is 0. The molecule has 0 aromatic heterocycles. The van der Waals surface area contributed by atoms with E-state index in [0.717, 1.165) is 103 Å². The lowest BCUT2D eigenvalue weighted by molar-refractivity contribution is -0.161. The average molecular weight is 1140 g/mol. The van der Waals surface area contributed by atoms with Crippen molar-refractivity contribution >= 4 is 11.9 Å². The van der Waals surface area contributed by atoms with E-state index in [0.29, 0.717) is 12.8 Å². The lowest BCUT2D eigenvalue weighted by atomic mass is 10.0. The Labute approximate surface area is 509 Å². The Morgan fingerprint density at radius 1 is 0.280 bits per heavy atom. The first kappa shape index (κ1) is 78.3. The van der Waals surface area contributed by atoms with Gasteiger partial charge in [-0.3, -0.25) is 9.59 Å². The zero-order valence-electron chi connectivity index (χ0n) is 54.0. The summed E-state index contributed by atoms with van der Waals surface area (Å²) in [7, 11) is 0. The Bertz CT molecular complexity index is 1620. The molecule has 1 atom stereocenters. The molecule has 82 heavy (non-hydrogen) atoms. The van der Waals surface area contributed by atoms with Crippen LogP contribution in [0.5, 0.6) is 0 Å². The number of carbonyl (C=O) groups is 2. The second kappa shape index (κ2) is 71.6. The van der Waals surface area contributed by atoms with Gasteiger partial charge in [0.25, 0.3) is 0 Å². The Morgan fingerprint density at radius 3 is 0.732 bits per heavy atom. The predicted octanol–water partition coefficient (Wildman–Crippen LogP) is 24.5. The lowest BCUT2D eigenvalue weighted by Crippen LogP contribution is -2.28. The fourth-order valence-corrected chi connectivity index (χ4v) is 10.1. The zero-order chi connectivity index (χ0) is 59.1. The van der Waals surface area contributed by atoms with Crippen molar-refractivity contribution in [2.45, 2.75) is 341 Å². The molecular weight excluding hydrogens is 1000 g/mol. The van der Waals surface area contributed by atoms with Gasteiger partial charge >= 0.3 is 11.9 Å².